The number of aliphatic hydroxyl groups excluding tert-OH is 1. The average molecular weight is 1350 g/mol. The van der Waals surface area contributed by atoms with Gasteiger partial charge in [0.05, 0.1) is 26.4 Å². The molecule has 546 valence electrons. The quantitative estimate of drug-likeness (QED) is 0.0222. The highest BCUT2D eigenvalue weighted by atomic mass is 31.2. The SMILES string of the molecule is CCCCCCCCCCCCCCCCCCCCCCCCC(=O)O[C@H](COC(=O)CCCCCCCCCCCCCCCCCCC)COP(=O)(O)OC[C@@H](O)COP(=O)(O)OC[C@@H](COC(=O)CCCCCCC)OC(=O)CCCCCCCCCC. The molecule has 0 amide bonds. The van der Waals surface area contributed by atoms with E-state index in [9.17, 15) is 43.2 Å². The van der Waals surface area contributed by atoms with E-state index in [0.717, 1.165) is 103 Å². The van der Waals surface area contributed by atoms with Crippen LogP contribution in [0.25, 0.3) is 0 Å². The van der Waals surface area contributed by atoms with E-state index in [1.54, 1.807) is 0 Å². The average Bonchev–Trinajstić information content (AvgIpc) is 3.19. The lowest BCUT2D eigenvalue weighted by Crippen LogP contribution is -2.30. The van der Waals surface area contributed by atoms with E-state index in [2.05, 4.69) is 27.7 Å². The summed E-state index contributed by atoms with van der Waals surface area (Å²) in [7, 11) is -9.89. The number of hydrogen-bond acceptors (Lipinski definition) is 15. The minimum atomic E-state index is -4.95. The summed E-state index contributed by atoms with van der Waals surface area (Å²) in [4.78, 5) is 72.2. The van der Waals surface area contributed by atoms with E-state index in [0.29, 0.717) is 25.7 Å². The molecule has 19 heteroatoms. The number of aliphatic hydroxyl groups is 1. The standard InChI is InChI=1S/C73H142O17P2/c1-5-9-13-17-20-23-25-27-29-31-32-33-34-35-37-39-41-43-45-48-52-56-60-73(78)90-69(64-84-71(76)58-54-50-47-44-42-40-38-36-30-28-26-24-21-18-14-10-6-2)66-88-92(81,82)86-62-67(74)61-85-91(79,80)87-65-68(63-83-70(75)57-53-49-16-12-8-4)89-72(77)59-55-51-46-22-19-15-11-7-3/h67-69,74H,5-66H2,1-4H3,(H,79,80)(H,81,82)/t67-,68+,69+/m0/s1. The van der Waals surface area contributed by atoms with Crippen LogP contribution < -0.4 is 0 Å². The van der Waals surface area contributed by atoms with Crippen LogP contribution >= 0.6 is 15.6 Å². The first-order valence-electron chi connectivity index (χ1n) is 38.3. The second kappa shape index (κ2) is 67.6. The number of carbonyl (C=O) groups excluding carboxylic acids is 4. The summed E-state index contributed by atoms with van der Waals surface area (Å²) in [5, 5.41) is 10.6. The Bertz CT molecular complexity index is 1760. The molecule has 0 rings (SSSR count). The van der Waals surface area contributed by atoms with Gasteiger partial charge in [0.15, 0.2) is 12.2 Å². The molecule has 0 aromatic rings. The van der Waals surface area contributed by atoms with Crippen LogP contribution in [-0.4, -0.2) is 96.7 Å². The predicted octanol–water partition coefficient (Wildman–Crippen LogP) is 21.4. The van der Waals surface area contributed by atoms with Crippen molar-refractivity contribution in [2.75, 3.05) is 39.6 Å². The van der Waals surface area contributed by atoms with E-state index in [-0.39, 0.29) is 25.7 Å². The molecule has 0 bridgehead atoms. The van der Waals surface area contributed by atoms with E-state index < -0.39 is 97.5 Å². The second-order valence-corrected chi connectivity index (χ2v) is 29.2. The lowest BCUT2D eigenvalue weighted by molar-refractivity contribution is -0.161. The molecule has 5 atom stereocenters. The van der Waals surface area contributed by atoms with E-state index in [1.807, 2.05) is 0 Å². The second-order valence-electron chi connectivity index (χ2n) is 26.3. The first-order valence-corrected chi connectivity index (χ1v) is 41.3. The lowest BCUT2D eigenvalue weighted by Gasteiger charge is -2.21. The molecule has 0 aromatic carbocycles. The number of rotatable bonds is 74. The molecule has 92 heavy (non-hydrogen) atoms. The molecule has 0 fully saturated rings. The van der Waals surface area contributed by atoms with Crippen LogP contribution in [0.2, 0.25) is 0 Å². The van der Waals surface area contributed by atoms with Crippen molar-refractivity contribution in [2.45, 2.75) is 406 Å². The van der Waals surface area contributed by atoms with Crippen molar-refractivity contribution in [2.24, 2.45) is 0 Å². The molecule has 2 unspecified atom stereocenters. The van der Waals surface area contributed by atoms with Crippen molar-refractivity contribution in [3.63, 3.8) is 0 Å². The Hall–Kier alpha value is -1.94. The van der Waals surface area contributed by atoms with Gasteiger partial charge in [-0.3, -0.25) is 37.3 Å². The lowest BCUT2D eigenvalue weighted by atomic mass is 10.0. The van der Waals surface area contributed by atoms with Crippen LogP contribution in [0.1, 0.15) is 387 Å². The van der Waals surface area contributed by atoms with Gasteiger partial charge < -0.3 is 33.8 Å². The summed E-state index contributed by atoms with van der Waals surface area (Å²) >= 11 is 0. The minimum Gasteiger partial charge on any atom is -0.462 e. The fraction of sp³-hybridized carbons (Fsp3) is 0.945. The Balaban J connectivity index is 5.07. The number of phosphoric acid groups is 2. The normalized spacial score (nSPS) is 13.9. The van der Waals surface area contributed by atoms with Crippen LogP contribution in [0.15, 0.2) is 0 Å². The summed E-state index contributed by atoms with van der Waals surface area (Å²) in [5.74, 6) is -2.13. The first kappa shape index (κ1) is 90.1. The molecule has 17 nitrogen and oxygen atoms in total. The van der Waals surface area contributed by atoms with E-state index in [1.165, 1.54) is 205 Å². The van der Waals surface area contributed by atoms with Gasteiger partial charge in [-0.05, 0) is 25.7 Å². The zero-order chi connectivity index (χ0) is 67.5. The van der Waals surface area contributed by atoms with Gasteiger partial charge in [-0.1, -0.05) is 336 Å². The number of unbranched alkanes of at least 4 members (excludes halogenated alkanes) is 48. The molecule has 0 radical (unpaired) electrons. The van der Waals surface area contributed by atoms with E-state index >= 15 is 0 Å². The molecule has 0 heterocycles. The van der Waals surface area contributed by atoms with Crippen molar-refractivity contribution in [3.05, 3.63) is 0 Å². The van der Waals surface area contributed by atoms with Crippen LogP contribution in [0.4, 0.5) is 0 Å². The zero-order valence-corrected chi connectivity index (χ0v) is 61.3. The highest BCUT2D eigenvalue weighted by Gasteiger charge is 2.30. The number of phosphoric ester groups is 2. The molecule has 0 aromatic heterocycles. The van der Waals surface area contributed by atoms with Crippen molar-refractivity contribution < 1.29 is 80.2 Å². The molecule has 0 saturated carbocycles. The smallest absolute Gasteiger partial charge is 0.462 e. The van der Waals surface area contributed by atoms with Gasteiger partial charge in [0.1, 0.15) is 19.3 Å². The Morgan fingerprint density at radius 2 is 0.435 bits per heavy atom. The third kappa shape index (κ3) is 66.7. The largest absolute Gasteiger partial charge is 0.472 e. The minimum absolute atomic E-state index is 0.105. The van der Waals surface area contributed by atoms with Crippen molar-refractivity contribution in [1.29, 1.82) is 0 Å². The number of hydrogen-bond donors (Lipinski definition) is 3. The van der Waals surface area contributed by atoms with Crippen LogP contribution in [0.3, 0.4) is 0 Å². The topological polar surface area (TPSA) is 237 Å². The third-order valence-corrected chi connectivity index (χ3v) is 19.0. The van der Waals surface area contributed by atoms with Crippen molar-refractivity contribution in [1.82, 2.24) is 0 Å². The van der Waals surface area contributed by atoms with Gasteiger partial charge in [-0.25, -0.2) is 9.13 Å². The molecule has 0 spiro atoms. The van der Waals surface area contributed by atoms with Crippen molar-refractivity contribution in [3.8, 4) is 0 Å². The maximum absolute atomic E-state index is 13.1. The van der Waals surface area contributed by atoms with E-state index in [4.69, 9.17) is 37.0 Å². The van der Waals surface area contributed by atoms with Crippen LogP contribution in [0, 0.1) is 0 Å². The summed E-state index contributed by atoms with van der Waals surface area (Å²) in [5.41, 5.74) is 0. The molecule has 0 saturated heterocycles. The number of carbonyl (C=O) groups is 4. The maximum Gasteiger partial charge on any atom is 0.472 e. The number of ether oxygens (including phenoxy) is 4. The van der Waals surface area contributed by atoms with Gasteiger partial charge in [0, 0.05) is 25.7 Å². The summed E-state index contributed by atoms with van der Waals surface area (Å²) in [6.07, 6.45) is 57.6. The first-order chi connectivity index (χ1) is 44.7. The van der Waals surface area contributed by atoms with Gasteiger partial charge in [-0.15, -0.1) is 0 Å². The molecule has 3 N–H and O–H groups in total. The summed E-state index contributed by atoms with van der Waals surface area (Å²) in [6.45, 7) is 4.84. The molecular weight excluding hydrogens is 1210 g/mol. The summed E-state index contributed by atoms with van der Waals surface area (Å²) < 4.78 is 68.0. The fourth-order valence-corrected chi connectivity index (χ4v) is 12.8. The van der Waals surface area contributed by atoms with Crippen molar-refractivity contribution >= 4 is 39.5 Å². The highest BCUT2D eigenvalue weighted by Crippen LogP contribution is 2.45. The monoisotopic (exact) mass is 1350 g/mol. The number of esters is 4. The predicted molar refractivity (Wildman–Crippen MR) is 372 cm³/mol. The molecule has 0 aliphatic carbocycles. The Morgan fingerprint density at radius 1 is 0.261 bits per heavy atom. The highest BCUT2D eigenvalue weighted by molar-refractivity contribution is 7.47. The van der Waals surface area contributed by atoms with Gasteiger partial charge in [0.25, 0.3) is 0 Å². The molecule has 0 aliphatic rings. The van der Waals surface area contributed by atoms with Crippen LogP contribution in [-0.2, 0) is 65.4 Å². The Labute approximate surface area is 562 Å². The maximum atomic E-state index is 13.1. The van der Waals surface area contributed by atoms with Gasteiger partial charge >= 0.3 is 39.5 Å². The molecular formula is C73H142O17P2. The zero-order valence-electron chi connectivity index (χ0n) is 59.5. The fourth-order valence-electron chi connectivity index (χ4n) is 11.2. The van der Waals surface area contributed by atoms with Crippen LogP contribution in [0.5, 0.6) is 0 Å². The Morgan fingerprint density at radius 3 is 0.641 bits per heavy atom. The van der Waals surface area contributed by atoms with Gasteiger partial charge in [-0.2, -0.15) is 0 Å². The van der Waals surface area contributed by atoms with Gasteiger partial charge in [0.2, 0.25) is 0 Å². The summed E-state index contributed by atoms with van der Waals surface area (Å²) in [6, 6.07) is 0. The Kier molecular flexibility index (Phi) is 66.2. The molecule has 0 aliphatic heterocycles. The third-order valence-electron chi connectivity index (χ3n) is 17.1.